The Bertz CT molecular complexity index is 1400. The third-order valence-corrected chi connectivity index (χ3v) is 7.32. The van der Waals surface area contributed by atoms with E-state index in [9.17, 15) is 9.59 Å². The number of ether oxygens (including phenoxy) is 1. The summed E-state index contributed by atoms with van der Waals surface area (Å²) < 4.78 is 20.8. The molecule has 0 radical (unpaired) electrons. The van der Waals surface area contributed by atoms with Crippen LogP contribution in [0.2, 0.25) is 5.02 Å². The van der Waals surface area contributed by atoms with E-state index in [0.29, 0.717) is 34.7 Å². The predicted molar refractivity (Wildman–Crippen MR) is 142 cm³/mol. The fourth-order valence-corrected chi connectivity index (χ4v) is 5.41. The topological polar surface area (TPSA) is 55.4 Å². The first-order valence-corrected chi connectivity index (χ1v) is 12.7. The molecule has 1 N–H and O–H groups in total. The zero-order chi connectivity index (χ0) is 25.9. The van der Waals surface area contributed by atoms with Gasteiger partial charge in [0.05, 0.1) is 18.1 Å². The molecule has 0 fully saturated rings. The van der Waals surface area contributed by atoms with E-state index < -0.39 is 17.7 Å². The van der Waals surface area contributed by atoms with E-state index in [-0.39, 0.29) is 30.3 Å². The van der Waals surface area contributed by atoms with Gasteiger partial charge in [0.2, 0.25) is 0 Å². The fraction of sp³-hybridized carbons (Fsp3) is 0.226. The van der Waals surface area contributed by atoms with Crippen molar-refractivity contribution in [2.75, 3.05) is 6.61 Å². The van der Waals surface area contributed by atoms with Gasteiger partial charge in [-0.05, 0) is 48.6 Å². The molecule has 1 heterocycles. The van der Waals surface area contributed by atoms with Crippen molar-refractivity contribution in [2.24, 2.45) is 0 Å². The highest BCUT2D eigenvalue weighted by atomic mass is 35.5. The molecular weight excluding hydrogens is 489 g/mol. The van der Waals surface area contributed by atoms with E-state index in [1.54, 1.807) is 25.1 Å². The molecule has 2 aliphatic rings. The van der Waals surface area contributed by atoms with Crippen molar-refractivity contribution in [3.8, 4) is 0 Å². The SMILES string of the molecule is CC1=C(C(=O)OCCc2ccccc2)[C@@H](c2ccccc2F)C2=C(C[C@H](c3ccc(Cl)cc3)CC2=O)N1. The number of carbonyl (C=O) groups is 2. The molecule has 3 aromatic rings. The third kappa shape index (κ3) is 5.23. The summed E-state index contributed by atoms with van der Waals surface area (Å²) in [7, 11) is 0. The minimum atomic E-state index is -0.833. The molecule has 4 nitrogen and oxygen atoms in total. The van der Waals surface area contributed by atoms with Gasteiger partial charge in [0.1, 0.15) is 5.82 Å². The number of allylic oxidation sites excluding steroid dienone is 3. The van der Waals surface area contributed by atoms with Crippen LogP contribution < -0.4 is 5.32 Å². The highest BCUT2D eigenvalue weighted by molar-refractivity contribution is 6.30. The number of rotatable bonds is 6. The van der Waals surface area contributed by atoms with Crippen molar-refractivity contribution in [3.05, 3.63) is 129 Å². The molecule has 0 saturated carbocycles. The van der Waals surface area contributed by atoms with Crippen LogP contribution in [0.25, 0.3) is 0 Å². The van der Waals surface area contributed by atoms with Gasteiger partial charge >= 0.3 is 5.97 Å². The van der Waals surface area contributed by atoms with Gasteiger partial charge in [-0.25, -0.2) is 9.18 Å². The zero-order valence-corrected chi connectivity index (χ0v) is 21.2. The Kier molecular flexibility index (Phi) is 7.24. The van der Waals surface area contributed by atoms with Crippen molar-refractivity contribution < 1.29 is 18.7 Å². The molecule has 1 aliphatic carbocycles. The molecule has 0 bridgehead atoms. The summed E-state index contributed by atoms with van der Waals surface area (Å²) in [5.74, 6) is -1.99. The first-order valence-electron chi connectivity index (χ1n) is 12.4. The maximum Gasteiger partial charge on any atom is 0.336 e. The number of dihydropyridines is 1. The molecule has 0 spiro atoms. The lowest BCUT2D eigenvalue weighted by Crippen LogP contribution is -2.36. The second-order valence-corrected chi connectivity index (χ2v) is 9.90. The van der Waals surface area contributed by atoms with Crippen LogP contribution in [-0.2, 0) is 20.7 Å². The number of nitrogens with one attached hydrogen (secondary N) is 1. The summed E-state index contributed by atoms with van der Waals surface area (Å²) in [4.78, 5) is 27.0. The third-order valence-electron chi connectivity index (χ3n) is 7.07. The Morgan fingerprint density at radius 1 is 1.00 bits per heavy atom. The van der Waals surface area contributed by atoms with Crippen LogP contribution in [-0.4, -0.2) is 18.4 Å². The molecule has 0 aromatic heterocycles. The van der Waals surface area contributed by atoms with Crippen LogP contribution in [0.5, 0.6) is 0 Å². The predicted octanol–water partition coefficient (Wildman–Crippen LogP) is 6.63. The fourth-order valence-electron chi connectivity index (χ4n) is 5.28. The summed E-state index contributed by atoms with van der Waals surface area (Å²) in [5.41, 5.74) is 4.37. The van der Waals surface area contributed by atoms with Gasteiger partial charge < -0.3 is 10.1 Å². The molecule has 188 valence electrons. The van der Waals surface area contributed by atoms with Crippen LogP contribution >= 0.6 is 11.6 Å². The van der Waals surface area contributed by atoms with Crippen molar-refractivity contribution in [2.45, 2.75) is 38.0 Å². The molecule has 0 amide bonds. The lowest BCUT2D eigenvalue weighted by molar-refractivity contribution is -0.139. The number of carbonyl (C=O) groups excluding carboxylic acids is 2. The van der Waals surface area contributed by atoms with E-state index in [2.05, 4.69) is 5.32 Å². The molecule has 3 aromatic carbocycles. The van der Waals surface area contributed by atoms with Gasteiger partial charge in [-0.1, -0.05) is 72.3 Å². The second kappa shape index (κ2) is 10.7. The largest absolute Gasteiger partial charge is 0.462 e. The lowest BCUT2D eigenvalue weighted by Gasteiger charge is -2.36. The van der Waals surface area contributed by atoms with Crippen LogP contribution in [0.3, 0.4) is 0 Å². The van der Waals surface area contributed by atoms with Gasteiger partial charge in [-0.3, -0.25) is 4.79 Å². The van der Waals surface area contributed by atoms with Crippen molar-refractivity contribution >= 4 is 23.4 Å². The normalized spacial score (nSPS) is 19.4. The van der Waals surface area contributed by atoms with Crippen molar-refractivity contribution in [1.82, 2.24) is 5.32 Å². The summed E-state index contributed by atoms with van der Waals surface area (Å²) in [6, 6.07) is 23.5. The smallest absolute Gasteiger partial charge is 0.336 e. The second-order valence-electron chi connectivity index (χ2n) is 9.46. The molecular formula is C31H27ClFNO3. The monoisotopic (exact) mass is 515 g/mol. The summed E-state index contributed by atoms with van der Waals surface area (Å²) in [6.07, 6.45) is 1.40. The molecule has 6 heteroatoms. The summed E-state index contributed by atoms with van der Waals surface area (Å²) >= 11 is 6.05. The van der Waals surface area contributed by atoms with Crippen LogP contribution in [0.4, 0.5) is 4.39 Å². The number of esters is 1. The van der Waals surface area contributed by atoms with E-state index >= 15 is 4.39 Å². The van der Waals surface area contributed by atoms with Crippen LogP contribution in [0, 0.1) is 5.82 Å². The Balaban J connectivity index is 1.47. The average Bonchev–Trinajstić information content (AvgIpc) is 2.89. The average molecular weight is 516 g/mol. The number of Topliss-reactive ketones (excluding diaryl/α,β-unsaturated/α-hetero) is 1. The molecule has 5 rings (SSSR count). The number of hydrogen-bond donors (Lipinski definition) is 1. The zero-order valence-electron chi connectivity index (χ0n) is 20.5. The lowest BCUT2D eigenvalue weighted by atomic mass is 9.71. The molecule has 2 atom stereocenters. The van der Waals surface area contributed by atoms with E-state index in [0.717, 1.165) is 16.8 Å². The van der Waals surface area contributed by atoms with Crippen LogP contribution in [0.1, 0.15) is 48.3 Å². The Labute approximate surface area is 220 Å². The highest BCUT2D eigenvalue weighted by Crippen LogP contribution is 2.46. The van der Waals surface area contributed by atoms with Gasteiger partial charge in [-0.15, -0.1) is 0 Å². The number of ketones is 1. The Morgan fingerprint density at radius 2 is 1.70 bits per heavy atom. The Morgan fingerprint density at radius 3 is 2.43 bits per heavy atom. The van der Waals surface area contributed by atoms with Crippen LogP contribution in [0.15, 0.2) is 101 Å². The maximum absolute atomic E-state index is 15.1. The number of halogens is 2. The molecule has 0 saturated heterocycles. The first-order chi connectivity index (χ1) is 17.9. The van der Waals surface area contributed by atoms with E-state index in [4.69, 9.17) is 16.3 Å². The van der Waals surface area contributed by atoms with E-state index in [1.165, 1.54) is 6.07 Å². The number of benzene rings is 3. The van der Waals surface area contributed by atoms with Gasteiger partial charge in [0.25, 0.3) is 0 Å². The molecule has 0 unspecified atom stereocenters. The van der Waals surface area contributed by atoms with Gasteiger partial charge in [-0.2, -0.15) is 0 Å². The number of hydrogen-bond acceptors (Lipinski definition) is 4. The minimum Gasteiger partial charge on any atom is -0.462 e. The highest BCUT2D eigenvalue weighted by Gasteiger charge is 2.42. The molecule has 37 heavy (non-hydrogen) atoms. The molecule has 1 aliphatic heterocycles. The summed E-state index contributed by atoms with van der Waals surface area (Å²) in [5, 5.41) is 3.94. The van der Waals surface area contributed by atoms with Crippen molar-refractivity contribution in [1.29, 1.82) is 0 Å². The minimum absolute atomic E-state index is 0.0375. The standard InChI is InChI=1S/C31H27ClFNO3/c1-19-28(31(36)37-16-15-20-7-3-2-4-8-20)29(24-9-5-6-10-25(24)33)30-26(34-19)17-22(18-27(30)35)21-11-13-23(32)14-12-21/h2-14,22,29,34H,15-18H2,1H3/t22-,29+/m0/s1. The van der Waals surface area contributed by atoms with Crippen molar-refractivity contribution in [3.63, 3.8) is 0 Å². The van der Waals surface area contributed by atoms with E-state index in [1.807, 2.05) is 54.6 Å². The van der Waals surface area contributed by atoms with Gasteiger partial charge in [0.15, 0.2) is 5.78 Å². The Hall–Kier alpha value is -3.70. The maximum atomic E-state index is 15.1. The first kappa shape index (κ1) is 25.0. The summed E-state index contributed by atoms with van der Waals surface area (Å²) in [6.45, 7) is 1.96. The quantitative estimate of drug-likeness (QED) is 0.374. The van der Waals surface area contributed by atoms with Gasteiger partial charge in [0, 0.05) is 40.4 Å².